The highest BCUT2D eigenvalue weighted by Gasteiger charge is 2.39. The van der Waals surface area contributed by atoms with Crippen molar-refractivity contribution in [2.45, 2.75) is 51.4 Å². The Bertz CT molecular complexity index is 350. The average Bonchev–Trinajstić information content (AvgIpc) is 2.44. The van der Waals surface area contributed by atoms with Crippen LogP contribution in [-0.4, -0.2) is 44.9 Å². The molecule has 0 radical (unpaired) electrons. The third-order valence-corrected chi connectivity index (χ3v) is 8.44. The van der Waals surface area contributed by atoms with Gasteiger partial charge in [-0.15, -0.1) is 0 Å². The van der Waals surface area contributed by atoms with E-state index in [1.165, 1.54) is 7.05 Å². The van der Waals surface area contributed by atoms with Crippen LogP contribution in [0.2, 0.25) is 18.1 Å². The third-order valence-electron chi connectivity index (χ3n) is 3.91. The van der Waals surface area contributed by atoms with Gasteiger partial charge in [0.15, 0.2) is 8.32 Å². The number of nitrogens with zero attached hydrogens (tertiary/aromatic N) is 1. The highest BCUT2D eigenvalue weighted by molar-refractivity contribution is 6.74. The molecule has 0 aromatic rings. The molecule has 1 unspecified atom stereocenters. The number of imide groups is 1. The second-order valence-electron chi connectivity index (χ2n) is 6.30. The minimum atomic E-state index is -1.77. The fourth-order valence-electron chi connectivity index (χ4n) is 1.49. The van der Waals surface area contributed by atoms with E-state index in [-0.39, 0.29) is 17.0 Å². The first-order chi connectivity index (χ1) is 8.06. The van der Waals surface area contributed by atoms with Gasteiger partial charge in [0.1, 0.15) is 6.04 Å². The van der Waals surface area contributed by atoms with Crippen LogP contribution in [-0.2, 0) is 9.22 Å². The molecule has 0 aliphatic carbocycles. The van der Waals surface area contributed by atoms with Crippen LogP contribution in [0, 0.1) is 0 Å². The molecule has 1 fully saturated rings. The van der Waals surface area contributed by atoms with Gasteiger partial charge >= 0.3 is 6.03 Å². The molecule has 1 N–H and O–H groups in total. The molecule has 1 atom stereocenters. The lowest BCUT2D eigenvalue weighted by Crippen LogP contribution is -2.42. The van der Waals surface area contributed by atoms with E-state index >= 15 is 0 Å². The summed E-state index contributed by atoms with van der Waals surface area (Å²) in [7, 11) is -0.278. The summed E-state index contributed by atoms with van der Waals surface area (Å²) in [6.45, 7) is 11.4. The zero-order valence-corrected chi connectivity index (χ0v) is 13.2. The van der Waals surface area contributed by atoms with E-state index in [0.717, 1.165) is 4.90 Å². The number of carbonyl (C=O) groups is 2. The summed E-state index contributed by atoms with van der Waals surface area (Å²) in [5.74, 6) is -0.168. The van der Waals surface area contributed by atoms with Crippen LogP contribution in [0.3, 0.4) is 0 Å². The molecule has 1 saturated heterocycles. The molecule has 0 aromatic carbocycles. The molecule has 104 valence electrons. The van der Waals surface area contributed by atoms with E-state index in [2.05, 4.69) is 39.2 Å². The Morgan fingerprint density at radius 1 is 1.33 bits per heavy atom. The zero-order valence-electron chi connectivity index (χ0n) is 12.2. The van der Waals surface area contributed by atoms with Crippen LogP contribution in [0.25, 0.3) is 0 Å². The molecule has 6 heteroatoms. The normalized spacial score (nSPS) is 21.4. The second kappa shape index (κ2) is 5.01. The first-order valence-electron chi connectivity index (χ1n) is 6.28. The fraction of sp³-hybridized carbons (Fsp3) is 0.833. The Morgan fingerprint density at radius 3 is 2.28 bits per heavy atom. The van der Waals surface area contributed by atoms with Gasteiger partial charge in [-0.3, -0.25) is 9.69 Å². The van der Waals surface area contributed by atoms with E-state index in [1.807, 2.05) is 0 Å². The molecular weight excluding hydrogens is 248 g/mol. The maximum atomic E-state index is 11.7. The second-order valence-corrected chi connectivity index (χ2v) is 11.1. The summed E-state index contributed by atoms with van der Waals surface area (Å²) in [5, 5.41) is 2.81. The molecule has 0 spiro atoms. The molecule has 1 aliphatic heterocycles. The lowest BCUT2D eigenvalue weighted by Gasteiger charge is -2.36. The summed E-state index contributed by atoms with van der Waals surface area (Å²) in [5.41, 5.74) is 0. The quantitative estimate of drug-likeness (QED) is 0.628. The van der Waals surface area contributed by atoms with Crippen molar-refractivity contribution in [3.63, 3.8) is 0 Å². The first-order valence-corrected chi connectivity index (χ1v) is 9.19. The molecule has 18 heavy (non-hydrogen) atoms. The fourth-order valence-corrected chi connectivity index (χ4v) is 2.55. The molecule has 3 amide bonds. The number of urea groups is 1. The highest BCUT2D eigenvalue weighted by atomic mass is 28.4. The summed E-state index contributed by atoms with van der Waals surface area (Å²) in [4.78, 5) is 24.1. The number of likely N-dealkylation sites (N-methyl/N-ethyl adjacent to an activating group) is 1. The number of rotatable bonds is 4. The van der Waals surface area contributed by atoms with Gasteiger partial charge < -0.3 is 9.74 Å². The highest BCUT2D eigenvalue weighted by Crippen LogP contribution is 2.36. The van der Waals surface area contributed by atoms with Crippen molar-refractivity contribution in [2.24, 2.45) is 0 Å². The topological polar surface area (TPSA) is 58.6 Å². The van der Waals surface area contributed by atoms with Crippen molar-refractivity contribution in [3.05, 3.63) is 0 Å². The number of hydrogen-bond donors (Lipinski definition) is 1. The maximum absolute atomic E-state index is 11.7. The maximum Gasteiger partial charge on any atom is 0.324 e. The Hall–Kier alpha value is -0.883. The van der Waals surface area contributed by atoms with Gasteiger partial charge in [-0.1, -0.05) is 20.8 Å². The predicted octanol–water partition coefficient (Wildman–Crippen LogP) is 1.95. The van der Waals surface area contributed by atoms with Crippen LogP contribution in [0.5, 0.6) is 0 Å². The van der Waals surface area contributed by atoms with Crippen LogP contribution in [0.4, 0.5) is 4.79 Å². The monoisotopic (exact) mass is 272 g/mol. The van der Waals surface area contributed by atoms with Gasteiger partial charge in [-0.2, -0.15) is 0 Å². The minimum absolute atomic E-state index is 0.159. The van der Waals surface area contributed by atoms with Crippen LogP contribution >= 0.6 is 0 Å². The van der Waals surface area contributed by atoms with Gasteiger partial charge in [0.05, 0.1) is 0 Å². The Balaban J connectivity index is 2.44. The van der Waals surface area contributed by atoms with E-state index in [4.69, 9.17) is 4.43 Å². The van der Waals surface area contributed by atoms with E-state index in [9.17, 15) is 9.59 Å². The van der Waals surface area contributed by atoms with Crippen molar-refractivity contribution in [1.29, 1.82) is 0 Å². The average molecular weight is 272 g/mol. The minimum Gasteiger partial charge on any atom is -0.417 e. The van der Waals surface area contributed by atoms with Gasteiger partial charge in [0.2, 0.25) is 0 Å². The SMILES string of the molecule is CN1C(=O)NC(CCO[Si](C)(C)C(C)(C)C)C1=O. The van der Waals surface area contributed by atoms with Gasteiger partial charge in [0.25, 0.3) is 5.91 Å². The Kier molecular flexibility index (Phi) is 4.22. The zero-order chi connectivity index (χ0) is 14.1. The molecule has 1 rings (SSSR count). The van der Waals surface area contributed by atoms with Crippen molar-refractivity contribution in [2.75, 3.05) is 13.7 Å². The summed E-state index contributed by atoms with van der Waals surface area (Å²) in [6.07, 6.45) is 0.543. The summed E-state index contributed by atoms with van der Waals surface area (Å²) >= 11 is 0. The van der Waals surface area contributed by atoms with Crippen LogP contribution in [0.15, 0.2) is 0 Å². The van der Waals surface area contributed by atoms with Crippen LogP contribution < -0.4 is 5.32 Å². The molecular formula is C12H24N2O3Si. The molecule has 1 heterocycles. The Morgan fingerprint density at radius 2 is 1.89 bits per heavy atom. The molecule has 0 saturated carbocycles. The smallest absolute Gasteiger partial charge is 0.324 e. The standard InChI is InChI=1S/C12H24N2O3Si/c1-12(2,3)18(5,6)17-8-7-9-10(15)14(4)11(16)13-9/h9H,7-8H2,1-6H3,(H,13,16). The van der Waals surface area contributed by atoms with Gasteiger partial charge in [-0.25, -0.2) is 4.79 Å². The lowest BCUT2D eigenvalue weighted by atomic mass is 10.2. The van der Waals surface area contributed by atoms with Crippen molar-refractivity contribution >= 4 is 20.3 Å². The summed E-state index contributed by atoms with van der Waals surface area (Å²) in [6, 6.07) is -0.746. The van der Waals surface area contributed by atoms with E-state index in [0.29, 0.717) is 13.0 Å². The Labute approximate surface area is 110 Å². The van der Waals surface area contributed by atoms with E-state index in [1.54, 1.807) is 0 Å². The predicted molar refractivity (Wildman–Crippen MR) is 72.9 cm³/mol. The van der Waals surface area contributed by atoms with Crippen molar-refractivity contribution in [3.8, 4) is 0 Å². The number of amides is 3. The number of nitrogens with one attached hydrogen (secondary N) is 1. The third kappa shape index (κ3) is 3.11. The van der Waals surface area contributed by atoms with Crippen molar-refractivity contribution < 1.29 is 14.0 Å². The molecule has 0 aromatic heterocycles. The largest absolute Gasteiger partial charge is 0.417 e. The number of carbonyl (C=O) groups excluding carboxylic acids is 2. The van der Waals surface area contributed by atoms with Crippen molar-refractivity contribution in [1.82, 2.24) is 10.2 Å². The molecule has 5 nitrogen and oxygen atoms in total. The molecule has 0 bridgehead atoms. The van der Waals surface area contributed by atoms with E-state index < -0.39 is 14.4 Å². The summed E-state index contributed by atoms with van der Waals surface area (Å²) < 4.78 is 5.99. The van der Waals surface area contributed by atoms with Gasteiger partial charge in [0, 0.05) is 13.7 Å². The lowest BCUT2D eigenvalue weighted by molar-refractivity contribution is -0.126. The van der Waals surface area contributed by atoms with Crippen LogP contribution in [0.1, 0.15) is 27.2 Å². The number of hydrogen-bond acceptors (Lipinski definition) is 3. The van der Waals surface area contributed by atoms with Gasteiger partial charge in [-0.05, 0) is 24.6 Å². The first kappa shape index (κ1) is 15.2. The molecule has 1 aliphatic rings.